The van der Waals surface area contributed by atoms with Crippen LogP contribution in [0.2, 0.25) is 0 Å². The van der Waals surface area contributed by atoms with E-state index in [1.54, 1.807) is 17.4 Å². The van der Waals surface area contributed by atoms with Crippen LogP contribution in [0.25, 0.3) is 54.5 Å². The normalized spacial score (nSPS) is 13.8. The maximum atomic E-state index is 7.82. The molecule has 4 heterocycles. The summed E-state index contributed by atoms with van der Waals surface area (Å²) in [6, 6.07) is 25.7. The molecule has 1 radical (unpaired) electrons. The number of pyridine rings is 2. The van der Waals surface area contributed by atoms with Gasteiger partial charge >= 0.3 is 0 Å². The second kappa shape index (κ2) is 11.7. The number of aromatic nitrogens is 2. The minimum absolute atomic E-state index is 0. The Bertz CT molecular complexity index is 2230. The fraction of sp³-hybridized carbons (Fsp3) is 0.167. The molecule has 0 unspecified atom stereocenters. The van der Waals surface area contributed by atoms with E-state index in [0.717, 1.165) is 43.9 Å². The van der Waals surface area contributed by atoms with Crippen molar-refractivity contribution in [2.75, 3.05) is 0 Å². The molecule has 4 aromatic heterocycles. The van der Waals surface area contributed by atoms with Crippen LogP contribution in [0, 0.1) is 53.5 Å². The van der Waals surface area contributed by atoms with Crippen LogP contribution in [0.5, 0.6) is 0 Å². The summed E-state index contributed by atoms with van der Waals surface area (Å²) in [6.45, 7) is 3.12. The Hall–Kier alpha value is -3.63. The van der Waals surface area contributed by atoms with E-state index in [2.05, 4.69) is 73.2 Å². The van der Waals surface area contributed by atoms with Gasteiger partial charge in [0.15, 0.2) is 0 Å². The number of fused-ring (bicyclic) bond motifs is 5. The minimum atomic E-state index is -2.59. The number of hydrogen-bond donors (Lipinski definition) is 0. The molecular formula is C36H30IrN2OS-2. The van der Waals surface area contributed by atoms with Crippen LogP contribution >= 0.6 is 11.3 Å². The Balaban J connectivity index is 0.000000228. The van der Waals surface area contributed by atoms with Gasteiger partial charge in [0, 0.05) is 61.1 Å². The Morgan fingerprint density at radius 1 is 0.732 bits per heavy atom. The van der Waals surface area contributed by atoms with Gasteiger partial charge in [0.25, 0.3) is 0 Å². The minimum Gasteiger partial charge on any atom is -0.500 e. The zero-order valence-corrected chi connectivity index (χ0v) is 26.2. The largest absolute Gasteiger partial charge is 0.500 e. The van der Waals surface area contributed by atoms with E-state index in [9.17, 15) is 0 Å². The van der Waals surface area contributed by atoms with E-state index in [4.69, 9.17) is 12.6 Å². The number of aryl methyl sites for hydroxylation is 6. The zero-order valence-electron chi connectivity index (χ0n) is 29.0. The average molecular weight is 737 g/mol. The second-order valence-corrected chi connectivity index (χ2v) is 11.2. The fourth-order valence-corrected chi connectivity index (χ4v) is 5.58. The van der Waals surface area contributed by atoms with Crippen molar-refractivity contribution < 1.29 is 32.7 Å². The summed E-state index contributed by atoms with van der Waals surface area (Å²) in [4.78, 5) is 9.86. The topological polar surface area (TPSA) is 38.9 Å². The van der Waals surface area contributed by atoms with Gasteiger partial charge in [-0.05, 0) is 69.1 Å². The van der Waals surface area contributed by atoms with Crippen LogP contribution in [0.4, 0.5) is 0 Å². The van der Waals surface area contributed by atoms with Crippen LogP contribution < -0.4 is 0 Å². The Labute approximate surface area is 267 Å². The van der Waals surface area contributed by atoms with Crippen LogP contribution in [0.1, 0.15) is 40.9 Å². The zero-order chi connectivity index (χ0) is 33.0. The van der Waals surface area contributed by atoms with Crippen molar-refractivity contribution in [2.24, 2.45) is 0 Å². The van der Waals surface area contributed by atoms with Gasteiger partial charge in [0.05, 0.1) is 5.58 Å². The first-order valence-corrected chi connectivity index (χ1v) is 13.7. The molecule has 0 aliphatic carbocycles. The van der Waals surface area contributed by atoms with Gasteiger partial charge in [-0.25, -0.2) is 0 Å². The van der Waals surface area contributed by atoms with Crippen molar-refractivity contribution >= 4 is 43.4 Å². The van der Waals surface area contributed by atoms with E-state index in [1.807, 2.05) is 31.3 Å². The van der Waals surface area contributed by atoms with Gasteiger partial charge in [-0.1, -0.05) is 47.2 Å². The molecule has 0 saturated carbocycles. The number of thiophene rings is 1. The molecule has 7 aromatic rings. The molecule has 0 atom stereocenters. The first-order chi connectivity index (χ1) is 21.7. The van der Waals surface area contributed by atoms with Crippen LogP contribution in [-0.2, 0) is 20.1 Å². The SMILES string of the molecule is Cc1c[c-]c(-c2cc(C)c(C)cn2)cc1.[2H]C([2H])([2H])c1cnc(-c2[c-]ccc3c2oc2c4cc(C)sc4ccc32)cc1C([2H])([2H])[2H].[Ir]. The molecule has 41 heavy (non-hydrogen) atoms. The summed E-state index contributed by atoms with van der Waals surface area (Å²) in [6.07, 6.45) is 3.04. The third-order valence-electron chi connectivity index (χ3n) is 7.00. The van der Waals surface area contributed by atoms with E-state index < -0.39 is 13.7 Å². The summed E-state index contributed by atoms with van der Waals surface area (Å²) >= 11 is 1.69. The van der Waals surface area contributed by atoms with E-state index in [-0.39, 0.29) is 31.2 Å². The maximum absolute atomic E-state index is 7.82. The molecule has 5 heteroatoms. The van der Waals surface area contributed by atoms with Crippen LogP contribution in [-0.4, -0.2) is 9.97 Å². The number of nitrogens with zero attached hydrogens (tertiary/aromatic N) is 2. The Kier molecular flexibility index (Phi) is 6.28. The predicted molar refractivity (Wildman–Crippen MR) is 168 cm³/mol. The van der Waals surface area contributed by atoms with Gasteiger partial charge in [-0.15, -0.1) is 64.9 Å². The molecule has 3 nitrogen and oxygen atoms in total. The molecule has 7 rings (SSSR count). The van der Waals surface area contributed by atoms with Crippen LogP contribution in [0.3, 0.4) is 0 Å². The van der Waals surface area contributed by atoms with Gasteiger partial charge in [-0.2, -0.15) is 0 Å². The van der Waals surface area contributed by atoms with Crippen molar-refractivity contribution in [3.63, 3.8) is 0 Å². The Morgan fingerprint density at radius 2 is 1.49 bits per heavy atom. The molecule has 0 amide bonds. The van der Waals surface area contributed by atoms with Crippen LogP contribution in [0.15, 0.2) is 77.5 Å². The van der Waals surface area contributed by atoms with Gasteiger partial charge in [0.1, 0.15) is 5.58 Å². The van der Waals surface area contributed by atoms with E-state index >= 15 is 0 Å². The summed E-state index contributed by atoms with van der Waals surface area (Å²) in [5.74, 6) is 0. The molecular weight excluding hydrogens is 701 g/mol. The molecule has 0 fully saturated rings. The summed E-state index contributed by atoms with van der Waals surface area (Å²) in [5.41, 5.74) is 7.37. The number of rotatable bonds is 2. The summed E-state index contributed by atoms with van der Waals surface area (Å²) in [5, 5.41) is 2.84. The predicted octanol–water partition coefficient (Wildman–Crippen LogP) is 10.1. The molecule has 3 aromatic carbocycles. The number of benzene rings is 3. The van der Waals surface area contributed by atoms with Gasteiger partial charge in [0.2, 0.25) is 0 Å². The number of furan rings is 1. The summed E-state index contributed by atoms with van der Waals surface area (Å²) < 4.78 is 53.9. The van der Waals surface area contributed by atoms with Crippen molar-refractivity contribution in [2.45, 2.75) is 41.4 Å². The van der Waals surface area contributed by atoms with Crippen molar-refractivity contribution in [1.29, 1.82) is 0 Å². The quantitative estimate of drug-likeness (QED) is 0.166. The fourth-order valence-electron chi connectivity index (χ4n) is 4.66. The standard InChI is InChI=1S/C22H16NOS.C14H14N.Ir/c1-12-9-19(23-11-13(12)2)17-6-4-5-15-16-7-8-20-18(10-14(3)25-20)22(16)24-21(15)17;1-10-4-6-13(7-5-10)14-8-11(2)12(3)9-15-14;/h4-5,7-11H,1-3H3;4-6,8-9H,1-3H3;/q2*-1;/i1D3,2D3;;. The smallest absolute Gasteiger partial charge is 0.129 e. The maximum Gasteiger partial charge on any atom is 0.129 e. The molecule has 207 valence electrons. The third kappa shape index (κ3) is 5.63. The van der Waals surface area contributed by atoms with E-state index in [0.29, 0.717) is 16.8 Å². The second-order valence-electron chi connectivity index (χ2n) is 9.96. The summed E-state index contributed by atoms with van der Waals surface area (Å²) in [7, 11) is 0. The molecule has 0 aliphatic rings. The first kappa shape index (κ1) is 22.0. The monoisotopic (exact) mass is 737 g/mol. The molecule has 0 N–H and O–H groups in total. The van der Waals surface area contributed by atoms with E-state index in [1.165, 1.54) is 27.6 Å². The molecule has 0 bridgehead atoms. The average Bonchev–Trinajstić information content (AvgIpc) is 3.58. The van der Waals surface area contributed by atoms with Crippen molar-refractivity contribution in [1.82, 2.24) is 9.97 Å². The van der Waals surface area contributed by atoms with Gasteiger partial charge < -0.3 is 14.4 Å². The molecule has 0 aliphatic heterocycles. The first-order valence-electron chi connectivity index (χ1n) is 15.9. The van der Waals surface area contributed by atoms with Gasteiger partial charge in [-0.3, -0.25) is 0 Å². The Morgan fingerprint density at radius 3 is 2.24 bits per heavy atom. The molecule has 0 saturated heterocycles. The molecule has 0 spiro atoms. The van der Waals surface area contributed by atoms with Crippen molar-refractivity contribution in [3.8, 4) is 22.5 Å². The third-order valence-corrected chi connectivity index (χ3v) is 8.01. The van der Waals surface area contributed by atoms with Crippen molar-refractivity contribution in [3.05, 3.63) is 118 Å². The number of hydrogen-bond acceptors (Lipinski definition) is 4.